The average molecular weight is 851 g/mol. The van der Waals surface area contributed by atoms with Crippen molar-refractivity contribution < 1.29 is 53.8 Å². The van der Waals surface area contributed by atoms with Crippen LogP contribution < -0.4 is 15.8 Å². The van der Waals surface area contributed by atoms with E-state index >= 15 is 0 Å². The van der Waals surface area contributed by atoms with Gasteiger partial charge in [-0.25, -0.2) is 4.99 Å². The van der Waals surface area contributed by atoms with Crippen molar-refractivity contribution >= 4 is 45.8 Å². The second-order valence-electron chi connectivity index (χ2n) is 15.9. The first-order chi connectivity index (χ1) is 28.7. The lowest BCUT2D eigenvalue weighted by Gasteiger charge is -2.38. The van der Waals surface area contributed by atoms with Crippen molar-refractivity contribution in [1.82, 2.24) is 4.90 Å². The largest absolute Gasteiger partial charge is 0.507 e. The third-order valence-corrected chi connectivity index (χ3v) is 11.7. The highest BCUT2D eigenvalue weighted by Crippen LogP contribution is 2.54. The molecule has 5 rings (SSSR count). The van der Waals surface area contributed by atoms with Gasteiger partial charge in [-0.3, -0.25) is 14.4 Å². The van der Waals surface area contributed by atoms with Gasteiger partial charge in [-0.1, -0.05) is 59.8 Å². The second-order valence-corrected chi connectivity index (χ2v) is 15.9. The molecular weight excluding hydrogens is 789 g/mol. The molecule has 2 aromatic carbocycles. The van der Waals surface area contributed by atoms with Crippen LogP contribution in [0.5, 0.6) is 17.2 Å². The minimum absolute atomic E-state index is 0.0459. The summed E-state index contributed by atoms with van der Waals surface area (Å²) < 4.78 is 23.7. The molecule has 17 heteroatoms. The number of benzene rings is 2. The molecule has 17 nitrogen and oxygen atoms in total. The van der Waals surface area contributed by atoms with Crippen LogP contribution in [-0.2, 0) is 23.8 Å². The predicted molar refractivity (Wildman–Crippen MR) is 231 cm³/mol. The number of aliphatic hydroxyl groups excluding tert-OH is 2. The van der Waals surface area contributed by atoms with Crippen molar-refractivity contribution in [3.63, 3.8) is 0 Å². The smallest absolute Gasteiger partial charge is 0.312 e. The van der Waals surface area contributed by atoms with E-state index in [0.717, 1.165) is 13.1 Å². The molecule has 9 unspecified atom stereocenters. The summed E-state index contributed by atoms with van der Waals surface area (Å²) in [5.41, 5.74) is 6.11. The van der Waals surface area contributed by atoms with E-state index in [-0.39, 0.29) is 50.6 Å². The van der Waals surface area contributed by atoms with Gasteiger partial charge in [0.05, 0.1) is 53.4 Å². The number of hydrogen-bond donors (Lipinski definition) is 6. The van der Waals surface area contributed by atoms with Crippen LogP contribution in [0.25, 0.3) is 10.8 Å². The standard InChI is InChI=1S/C44H62N6O11/c1-12-50(13-2)19-18-46-43(45)49-48-29-21-30-38(55)33-32(29)34-40(27(8)37(33)54)61-44(10,41(34)56)59-20-17-31(58-11)24(5)39(60-28(9)51)26(7)36(53)25(6)35(52)22(3)15-14-16-23(4)42(57)47-30/h14-17,20-22,24-26,31,35-36,39,52-55H,12-13,18-19H2,1-11H3,(H2,45,46)(H,47,57)/b15-14-,20-17?,23-16-,49-48?. The Morgan fingerprint density at radius 3 is 2.30 bits per heavy atom. The zero-order valence-electron chi connectivity index (χ0n) is 36.9. The first kappa shape index (κ1) is 48.3. The van der Waals surface area contributed by atoms with E-state index in [4.69, 9.17) is 24.7 Å². The number of esters is 1. The molecule has 0 spiro atoms. The molecule has 9 atom stereocenters. The highest BCUT2D eigenvalue weighted by molar-refractivity contribution is 6.22. The number of nitrogens with two attached hydrogens (primary N) is 1. The molecule has 7 N–H and O–H groups in total. The number of likely N-dealkylation sites (N-methyl/N-ethyl adjacent to an activating group) is 1. The van der Waals surface area contributed by atoms with Crippen LogP contribution in [0.3, 0.4) is 0 Å². The number of amides is 1. The number of fused-ring (bicyclic) bond motifs is 14. The van der Waals surface area contributed by atoms with E-state index in [1.54, 1.807) is 39.8 Å². The Labute approximate surface area is 357 Å². The number of hydrogen-bond acceptors (Lipinski definition) is 14. The number of nitrogens with zero attached hydrogens (tertiary/aromatic N) is 4. The number of azo groups is 1. The number of methoxy groups -OCH3 is 1. The molecule has 3 heterocycles. The maximum Gasteiger partial charge on any atom is 0.312 e. The summed E-state index contributed by atoms with van der Waals surface area (Å²) in [6.07, 6.45) is 3.65. The molecule has 2 aromatic rings. The number of allylic oxidation sites excluding steroid dienone is 2. The first-order valence-electron chi connectivity index (χ1n) is 20.5. The Bertz CT molecular complexity index is 2110. The van der Waals surface area contributed by atoms with Gasteiger partial charge in [0.1, 0.15) is 17.6 Å². The van der Waals surface area contributed by atoms with Crippen LogP contribution in [0.15, 0.2) is 57.4 Å². The number of phenols is 2. The van der Waals surface area contributed by atoms with Crippen LogP contribution in [-0.4, -0.2) is 112 Å². The molecule has 0 saturated heterocycles. The van der Waals surface area contributed by atoms with Crippen LogP contribution in [0, 0.1) is 30.6 Å². The molecule has 61 heavy (non-hydrogen) atoms. The van der Waals surface area contributed by atoms with Crippen molar-refractivity contribution in [3.05, 3.63) is 53.3 Å². The maximum absolute atomic E-state index is 14.5. The summed E-state index contributed by atoms with van der Waals surface area (Å²) in [7, 11) is 1.44. The number of aliphatic hydroxyl groups is 2. The number of rotatable bonds is 8. The lowest BCUT2D eigenvalue weighted by molar-refractivity contribution is -0.160. The molecule has 5 bridgehead atoms. The lowest BCUT2D eigenvalue weighted by atomic mass is 9.78. The first-order valence-corrected chi connectivity index (χ1v) is 20.5. The van der Waals surface area contributed by atoms with E-state index in [1.165, 1.54) is 59.3 Å². The highest BCUT2D eigenvalue weighted by atomic mass is 16.7. The summed E-state index contributed by atoms with van der Waals surface area (Å²) >= 11 is 0. The van der Waals surface area contributed by atoms with E-state index in [2.05, 4.69) is 25.4 Å². The van der Waals surface area contributed by atoms with Crippen molar-refractivity contribution in [2.75, 3.05) is 38.6 Å². The summed E-state index contributed by atoms with van der Waals surface area (Å²) in [6.45, 7) is 19.3. The molecule has 1 amide bonds. The highest BCUT2D eigenvalue weighted by Gasteiger charge is 2.49. The predicted octanol–water partition coefficient (Wildman–Crippen LogP) is 5.79. The number of aromatic hydroxyl groups is 2. The zero-order chi connectivity index (χ0) is 45.5. The number of nitrogens with one attached hydrogen (secondary N) is 1. The molecule has 0 fully saturated rings. The molecular formula is C44H62N6O11. The van der Waals surface area contributed by atoms with Crippen molar-refractivity contribution in [2.24, 2.45) is 44.6 Å². The van der Waals surface area contributed by atoms with Gasteiger partial charge in [0.25, 0.3) is 11.7 Å². The summed E-state index contributed by atoms with van der Waals surface area (Å²) in [5.74, 6) is -7.64. The van der Waals surface area contributed by atoms with Gasteiger partial charge in [-0.15, -0.1) is 10.2 Å². The van der Waals surface area contributed by atoms with E-state index in [1.807, 2.05) is 13.8 Å². The third-order valence-electron chi connectivity index (χ3n) is 11.7. The minimum atomic E-state index is -2.02. The maximum atomic E-state index is 14.5. The Balaban J connectivity index is 1.94. The topological polar surface area (TPSA) is 247 Å². The Morgan fingerprint density at radius 2 is 1.67 bits per heavy atom. The lowest BCUT2D eigenvalue weighted by Crippen LogP contribution is -2.46. The molecule has 0 aliphatic carbocycles. The number of anilines is 1. The average Bonchev–Trinajstić information content (AvgIpc) is 3.49. The number of ether oxygens (including phenoxy) is 4. The van der Waals surface area contributed by atoms with E-state index in [0.29, 0.717) is 13.1 Å². The Morgan fingerprint density at radius 1 is 1.00 bits per heavy atom. The van der Waals surface area contributed by atoms with E-state index in [9.17, 15) is 34.8 Å². The Kier molecular flexibility index (Phi) is 16.2. The SMILES string of the molecule is CCN(CC)CCN=C(N)N=Nc1cc2c(O)c3c(O)c(C)c4c(c13)C(=O)C(C)(OC=CC(OC)C(C)C(OC(C)=O)C(C)C(O)C(C)C(O)C(C)/C=C\C=C(\C)C(=O)N2)O4. The Hall–Kier alpha value is -5.36. The van der Waals surface area contributed by atoms with Gasteiger partial charge in [0.15, 0.2) is 5.75 Å². The fourth-order valence-corrected chi connectivity index (χ4v) is 7.71. The number of phenolic OH excluding ortho intramolecular Hbond substituents is 2. The normalized spacial score (nSPS) is 29.4. The van der Waals surface area contributed by atoms with Gasteiger partial charge in [0.2, 0.25) is 5.96 Å². The molecule has 0 saturated carbocycles. The molecule has 334 valence electrons. The molecule has 0 aromatic heterocycles. The summed E-state index contributed by atoms with van der Waals surface area (Å²) in [4.78, 5) is 46.9. The van der Waals surface area contributed by atoms with Crippen molar-refractivity contribution in [1.29, 1.82) is 0 Å². The third kappa shape index (κ3) is 10.6. The van der Waals surface area contributed by atoms with E-state index < -0.39 is 83.0 Å². The number of Topliss-reactive ketones (excluding diaryl/α,β-unsaturated/α-hetero) is 1. The van der Waals surface area contributed by atoms with Gasteiger partial charge >= 0.3 is 11.8 Å². The van der Waals surface area contributed by atoms with Gasteiger partial charge < -0.3 is 55.3 Å². The molecule has 3 aliphatic heterocycles. The summed E-state index contributed by atoms with van der Waals surface area (Å²) in [5, 5.41) is 57.0. The fraction of sp³-hybridized carbons (Fsp3) is 0.545. The zero-order valence-corrected chi connectivity index (χ0v) is 36.9. The van der Waals surface area contributed by atoms with Crippen molar-refractivity contribution in [3.8, 4) is 17.2 Å². The van der Waals surface area contributed by atoms with Crippen LogP contribution >= 0.6 is 0 Å². The van der Waals surface area contributed by atoms with Crippen LogP contribution in [0.1, 0.15) is 78.2 Å². The van der Waals surface area contributed by atoms with Crippen LogP contribution in [0.2, 0.25) is 0 Å². The van der Waals surface area contributed by atoms with Gasteiger partial charge in [0, 0.05) is 67.7 Å². The second kappa shape index (κ2) is 20.5. The number of ketones is 1. The van der Waals surface area contributed by atoms with Gasteiger partial charge in [-0.2, -0.15) is 0 Å². The van der Waals surface area contributed by atoms with Gasteiger partial charge in [-0.05, 0) is 39.1 Å². The number of carbonyl (C=O) groups is 3. The monoisotopic (exact) mass is 850 g/mol. The van der Waals surface area contributed by atoms with Crippen molar-refractivity contribution in [2.45, 2.75) is 99.4 Å². The fourth-order valence-electron chi connectivity index (χ4n) is 7.71. The van der Waals surface area contributed by atoms with Crippen LogP contribution in [0.4, 0.5) is 11.4 Å². The number of aliphatic imine (C=N–C) groups is 1. The summed E-state index contributed by atoms with van der Waals surface area (Å²) in [6, 6.07) is 1.29. The number of carbonyl (C=O) groups excluding carboxylic acids is 3. The number of guanidine groups is 1. The minimum Gasteiger partial charge on any atom is -0.507 e. The molecule has 3 aliphatic rings. The quantitative estimate of drug-likeness (QED) is 0.0606. The molecule has 0 radical (unpaired) electrons.